The molecule has 145 heavy (non-hydrogen) atoms. The molecule has 10 nitrogen and oxygen atoms in total. The fourth-order valence-electron chi connectivity index (χ4n) is 20.1. The predicted octanol–water partition coefficient (Wildman–Crippen LogP) is 28.9. The standard InChI is InChI=1S/C131H106N4O6P4/c1-90-39-57-104(58-40-90)132(105-59-41-91(2)42-60-105)112-78-102-80-114(84-112)134(108-65-47-94(5)48-66-108)110-69-51-96(7)128(86-110)99-53-71-122(72-54-99)144(140,120-35-23-13-24-36-120)125-76-98(75-124(88-125)142(138,116-27-15-9-16-28-116)117-29-17-10-18-30-117)77-130(136)101-82-126(143(139,118-31-19-11-20-32-118)119-33-21-12-22-34-119)89-127(83-101)145(141,121-37-25-14-26-38-121)123-73-55-100(56-74-123)129-87-111(70-52-97(129)8)135(109-67-49-95(6)50-68-109)115-81-103(131(102)137)79-113(85-115)133(106-61-43-92(3)44-62-106)107-63-45-93(4)46-64-107/h9-76,78-89H,77H2,1-8H3. The summed E-state index contributed by atoms with van der Waals surface area (Å²) in [6.07, 6.45) is -0.340. The minimum atomic E-state index is -4.21. The van der Waals surface area contributed by atoms with Crippen LogP contribution in [0.25, 0.3) is 22.3 Å². The quantitative estimate of drug-likeness (QED) is 0.0866. The van der Waals surface area contributed by atoms with Crippen LogP contribution in [0.2, 0.25) is 0 Å². The van der Waals surface area contributed by atoms with Crippen molar-refractivity contribution in [3.05, 3.63) is 552 Å². The van der Waals surface area contributed by atoms with E-state index in [2.05, 4.69) is 269 Å². The maximum atomic E-state index is 18.1. The number of anilines is 12. The Morgan fingerprint density at radius 1 is 0.221 bits per heavy atom. The fourth-order valence-corrected chi connectivity index (χ4v) is 31.1. The number of Topliss-reactive ketones (excluding diaryl/α,β-unsaturated/α-hetero) is 1. The normalized spacial score (nSPS) is 14.3. The lowest BCUT2D eigenvalue weighted by atomic mass is 9.97. The summed E-state index contributed by atoms with van der Waals surface area (Å²) in [5.74, 6) is -0.683. The Morgan fingerprint density at radius 3 is 0.841 bits per heavy atom. The molecule has 3 heterocycles. The first-order chi connectivity index (χ1) is 70.4. The fraction of sp³-hybridized carbons (Fsp3) is 0.0687. The summed E-state index contributed by atoms with van der Waals surface area (Å²) in [4.78, 5) is 43.5. The summed E-state index contributed by atoms with van der Waals surface area (Å²) < 4.78 is 71.0. The zero-order valence-electron chi connectivity index (χ0n) is 81.9. The number of benzene rings is 20. The molecular formula is C131H106N4O6P4. The number of carbonyl (C=O) groups excluding carboxylic acids is 2. The van der Waals surface area contributed by atoms with Crippen LogP contribution in [0, 0.1) is 55.4 Å². The summed E-state index contributed by atoms with van der Waals surface area (Å²) in [6, 6.07) is 159. The highest BCUT2D eigenvalue weighted by Crippen LogP contribution is 2.53. The Kier molecular flexibility index (Phi) is 26.2. The zero-order valence-corrected chi connectivity index (χ0v) is 85.5. The van der Waals surface area contributed by atoms with Crippen molar-refractivity contribution in [1.29, 1.82) is 0 Å². The van der Waals surface area contributed by atoms with Gasteiger partial charge in [-0.1, -0.05) is 349 Å². The molecule has 3 aliphatic heterocycles. The Balaban J connectivity index is 0.850. The van der Waals surface area contributed by atoms with Crippen molar-refractivity contribution >= 4 is 172 Å². The molecule has 0 radical (unpaired) electrons. The number of carbonyl (C=O) groups is 2. The number of hydrogen-bond acceptors (Lipinski definition) is 10. The van der Waals surface area contributed by atoms with E-state index in [1.54, 1.807) is 18.2 Å². The van der Waals surface area contributed by atoms with Gasteiger partial charge in [0.05, 0.1) is 0 Å². The van der Waals surface area contributed by atoms with E-state index in [0.29, 0.717) is 86.8 Å². The first-order valence-corrected chi connectivity index (χ1v) is 55.7. The topological polar surface area (TPSA) is 115 Å². The molecule has 0 aromatic heterocycles. The van der Waals surface area contributed by atoms with Crippen LogP contribution in [-0.2, 0) is 24.7 Å². The zero-order chi connectivity index (χ0) is 99.8. The molecule has 0 amide bonds. The molecule has 2 unspecified atom stereocenters. The average molecular weight is 1960 g/mol. The average Bonchev–Trinajstić information content (AvgIpc) is 0.797. The third-order valence-corrected chi connectivity index (χ3v) is 40.0. The predicted molar refractivity (Wildman–Crippen MR) is 609 cm³/mol. The van der Waals surface area contributed by atoms with E-state index in [-0.39, 0.29) is 28.4 Å². The second kappa shape index (κ2) is 40.0. The van der Waals surface area contributed by atoms with E-state index in [9.17, 15) is 0 Å². The summed E-state index contributed by atoms with van der Waals surface area (Å²) in [5, 5.41) is 5.22. The van der Waals surface area contributed by atoms with E-state index in [0.717, 1.165) is 118 Å². The van der Waals surface area contributed by atoms with Crippen LogP contribution in [0.1, 0.15) is 76.4 Å². The van der Waals surface area contributed by atoms with Crippen molar-refractivity contribution in [2.45, 2.75) is 61.8 Å². The minimum absolute atomic E-state index is 0.130. The number of hydrogen-bond donors (Lipinski definition) is 0. The third kappa shape index (κ3) is 18.6. The number of nitrogens with zero attached hydrogens (tertiary/aromatic N) is 4. The molecule has 2 atom stereocenters. The van der Waals surface area contributed by atoms with Crippen molar-refractivity contribution in [3.8, 4) is 22.3 Å². The first-order valence-electron chi connectivity index (χ1n) is 48.9. The van der Waals surface area contributed by atoms with E-state index in [4.69, 9.17) is 0 Å². The van der Waals surface area contributed by atoms with Gasteiger partial charge in [-0.2, -0.15) is 0 Å². The monoisotopic (exact) mass is 1950 g/mol. The van der Waals surface area contributed by atoms with Crippen molar-refractivity contribution in [3.63, 3.8) is 0 Å². The van der Waals surface area contributed by atoms with Gasteiger partial charge in [-0.05, 0) is 264 Å². The molecule has 14 heteroatoms. The lowest BCUT2D eigenvalue weighted by molar-refractivity contribution is 0.0991. The van der Waals surface area contributed by atoms with E-state index in [1.807, 2.05) is 273 Å². The molecule has 0 saturated heterocycles. The highest BCUT2D eigenvalue weighted by molar-refractivity contribution is 7.87. The second-order valence-electron chi connectivity index (χ2n) is 37.9. The molecule has 20 aromatic carbocycles. The van der Waals surface area contributed by atoms with Gasteiger partial charge in [0, 0.05) is 155 Å². The highest BCUT2D eigenvalue weighted by Gasteiger charge is 2.40. The Bertz CT molecular complexity index is 8160. The highest BCUT2D eigenvalue weighted by atomic mass is 31.2. The van der Waals surface area contributed by atoms with Gasteiger partial charge in [-0.3, -0.25) is 9.59 Å². The molecule has 16 bridgehead atoms. The molecule has 0 N–H and O–H groups in total. The molecule has 706 valence electrons. The molecular weight excluding hydrogens is 1850 g/mol. The van der Waals surface area contributed by atoms with Crippen LogP contribution in [-0.4, -0.2) is 11.6 Å². The number of fused-ring (bicyclic) bond motifs is 2. The van der Waals surface area contributed by atoms with Gasteiger partial charge in [-0.25, -0.2) is 0 Å². The third-order valence-electron chi connectivity index (χ3n) is 27.9. The number of aryl methyl sites for hydroxylation is 8. The van der Waals surface area contributed by atoms with Crippen LogP contribution in [0.3, 0.4) is 0 Å². The molecule has 0 fully saturated rings. The number of ketones is 2. The van der Waals surface area contributed by atoms with Gasteiger partial charge in [0.2, 0.25) is 0 Å². The van der Waals surface area contributed by atoms with Crippen molar-refractivity contribution in [2.24, 2.45) is 0 Å². The lowest BCUT2D eigenvalue weighted by Crippen LogP contribution is -2.32. The van der Waals surface area contributed by atoms with Gasteiger partial charge in [-0.15, -0.1) is 0 Å². The van der Waals surface area contributed by atoms with Crippen molar-refractivity contribution in [1.82, 2.24) is 0 Å². The summed E-state index contributed by atoms with van der Waals surface area (Å²) in [5.41, 5.74) is 22.6. The molecule has 3 aliphatic rings. The minimum Gasteiger partial charge on any atom is -0.310 e. The summed E-state index contributed by atoms with van der Waals surface area (Å²) >= 11 is 0. The van der Waals surface area contributed by atoms with Crippen LogP contribution < -0.4 is 83.3 Å². The summed E-state index contributed by atoms with van der Waals surface area (Å²) in [7, 11) is -16.4. The summed E-state index contributed by atoms with van der Waals surface area (Å²) in [6.45, 7) is 16.7. The molecule has 20 aromatic rings. The Hall–Kier alpha value is -16.1. The smallest absolute Gasteiger partial charge is 0.193 e. The lowest BCUT2D eigenvalue weighted by Gasteiger charge is -2.31. The van der Waals surface area contributed by atoms with Crippen LogP contribution >= 0.6 is 28.6 Å². The van der Waals surface area contributed by atoms with E-state index >= 15 is 27.8 Å². The van der Waals surface area contributed by atoms with Crippen LogP contribution in [0.15, 0.2) is 485 Å². The largest absolute Gasteiger partial charge is 0.310 e. The second-order valence-corrected chi connectivity index (χ2v) is 49.0. The molecule has 23 rings (SSSR count). The Labute approximate surface area is 849 Å². The molecule has 0 saturated carbocycles. The van der Waals surface area contributed by atoms with Gasteiger partial charge in [0.25, 0.3) is 0 Å². The van der Waals surface area contributed by atoms with Crippen LogP contribution in [0.5, 0.6) is 0 Å². The van der Waals surface area contributed by atoms with Crippen molar-refractivity contribution in [2.75, 3.05) is 19.6 Å². The first kappa shape index (κ1) is 95.1. The van der Waals surface area contributed by atoms with E-state index < -0.39 is 34.4 Å². The molecule has 0 spiro atoms. The number of rotatable bonds is 16. The Morgan fingerprint density at radius 2 is 0.510 bits per heavy atom. The van der Waals surface area contributed by atoms with Gasteiger partial charge in [0.1, 0.15) is 0 Å². The maximum Gasteiger partial charge on any atom is 0.193 e. The van der Waals surface area contributed by atoms with Gasteiger partial charge < -0.3 is 37.9 Å². The SMILES string of the molecule is Cc1ccc(N(c2ccc(C)cc2)c2cc3cc(c2)N(c2ccc(C)cc2)c2ccc(C)c(c2)-c2ccc(cc2)P(=O)(c2ccccc2)c2cc(cc(P(=O)(c4ccccc4)c4ccccc4)c2)CC(=O)c2cc(P(=O)(c4ccccc4)c4ccccc4)cc(c2)P(=O)(c2ccccc2)c2ccc(cc2)-c2cc(ccc2C)N(c2ccc(C)cc2)c2cc(cc(N(c4ccc(C)cc4)c4ccc(C)cc4)c2)C3=O)cc1. The maximum absolute atomic E-state index is 18.1. The van der Waals surface area contributed by atoms with E-state index in [1.165, 1.54) is 0 Å². The van der Waals surface area contributed by atoms with Gasteiger partial charge >= 0.3 is 0 Å². The van der Waals surface area contributed by atoms with Gasteiger partial charge in [0.15, 0.2) is 40.1 Å². The molecule has 0 aliphatic carbocycles. The van der Waals surface area contributed by atoms with Crippen molar-refractivity contribution < 1.29 is 27.8 Å². The van der Waals surface area contributed by atoms with Crippen LogP contribution in [0.4, 0.5) is 68.2 Å².